The lowest BCUT2D eigenvalue weighted by molar-refractivity contribution is 0.291. The second kappa shape index (κ2) is 8.43. The predicted molar refractivity (Wildman–Crippen MR) is 92.7 cm³/mol. The summed E-state index contributed by atoms with van der Waals surface area (Å²) in [6.45, 7) is 11.3. The molecule has 1 N–H and O–H groups in total. The van der Waals surface area contributed by atoms with Crippen molar-refractivity contribution in [1.82, 2.24) is 4.90 Å². The van der Waals surface area contributed by atoms with Crippen LogP contribution in [0.2, 0.25) is 0 Å². The lowest BCUT2D eigenvalue weighted by atomic mass is 9.82. The monoisotopic (exact) mass is 288 g/mol. The summed E-state index contributed by atoms with van der Waals surface area (Å²) >= 11 is 0. The molecule has 1 fully saturated rings. The third kappa shape index (κ3) is 5.03. The van der Waals surface area contributed by atoms with E-state index >= 15 is 0 Å². The molecule has 0 heterocycles. The minimum atomic E-state index is 0.857. The van der Waals surface area contributed by atoms with Crippen molar-refractivity contribution in [2.24, 2.45) is 11.8 Å². The second-order valence-corrected chi connectivity index (χ2v) is 6.64. The number of anilines is 1. The molecule has 1 aliphatic carbocycles. The third-order valence-corrected chi connectivity index (χ3v) is 4.93. The van der Waals surface area contributed by atoms with Crippen LogP contribution in [-0.2, 0) is 6.54 Å². The SMILES string of the molecule is CCN(CC)Cc1ccccc1NCC1CCCC(C)C1. The molecule has 1 aromatic rings. The Labute approximate surface area is 130 Å². The fraction of sp³-hybridized carbons (Fsp3) is 0.684. The van der Waals surface area contributed by atoms with Crippen LogP contribution in [0.25, 0.3) is 0 Å². The van der Waals surface area contributed by atoms with Gasteiger partial charge in [0.05, 0.1) is 0 Å². The zero-order valence-electron chi connectivity index (χ0n) is 14.1. The molecule has 0 radical (unpaired) electrons. The molecule has 0 amide bonds. The van der Waals surface area contributed by atoms with Crippen LogP contribution in [-0.4, -0.2) is 24.5 Å². The Morgan fingerprint density at radius 3 is 2.62 bits per heavy atom. The van der Waals surface area contributed by atoms with E-state index in [0.29, 0.717) is 0 Å². The standard InChI is InChI=1S/C19H32N2/c1-4-21(5-2)15-18-11-6-7-12-19(18)20-14-17-10-8-9-16(3)13-17/h6-7,11-12,16-17,20H,4-5,8-10,13-15H2,1-3H3. The first-order valence-corrected chi connectivity index (χ1v) is 8.77. The van der Waals surface area contributed by atoms with Gasteiger partial charge in [0.15, 0.2) is 0 Å². The second-order valence-electron chi connectivity index (χ2n) is 6.64. The van der Waals surface area contributed by atoms with Crippen molar-refractivity contribution < 1.29 is 0 Å². The highest BCUT2D eigenvalue weighted by molar-refractivity contribution is 5.51. The van der Waals surface area contributed by atoms with E-state index in [-0.39, 0.29) is 0 Å². The van der Waals surface area contributed by atoms with Crippen LogP contribution in [0.15, 0.2) is 24.3 Å². The van der Waals surface area contributed by atoms with Crippen molar-refractivity contribution >= 4 is 5.69 Å². The third-order valence-electron chi connectivity index (χ3n) is 4.93. The van der Waals surface area contributed by atoms with Gasteiger partial charge in [-0.05, 0) is 49.4 Å². The Morgan fingerprint density at radius 2 is 1.90 bits per heavy atom. The fourth-order valence-electron chi connectivity index (χ4n) is 3.52. The number of benzene rings is 1. The average molecular weight is 288 g/mol. The van der Waals surface area contributed by atoms with Gasteiger partial charge in [0.1, 0.15) is 0 Å². The number of nitrogens with zero attached hydrogens (tertiary/aromatic N) is 1. The number of nitrogens with one attached hydrogen (secondary N) is 1. The minimum absolute atomic E-state index is 0.857. The molecule has 2 nitrogen and oxygen atoms in total. The highest BCUT2D eigenvalue weighted by Gasteiger charge is 2.18. The quantitative estimate of drug-likeness (QED) is 0.777. The molecule has 2 atom stereocenters. The largest absolute Gasteiger partial charge is 0.385 e. The van der Waals surface area contributed by atoms with E-state index in [1.165, 1.54) is 36.9 Å². The van der Waals surface area contributed by atoms with Gasteiger partial charge in [0, 0.05) is 18.8 Å². The highest BCUT2D eigenvalue weighted by Crippen LogP contribution is 2.29. The van der Waals surface area contributed by atoms with Crippen LogP contribution in [0.1, 0.15) is 52.0 Å². The van der Waals surface area contributed by atoms with Crippen molar-refractivity contribution in [2.45, 2.75) is 53.0 Å². The van der Waals surface area contributed by atoms with E-state index in [4.69, 9.17) is 0 Å². The van der Waals surface area contributed by atoms with Crippen molar-refractivity contribution in [3.05, 3.63) is 29.8 Å². The number of hydrogen-bond acceptors (Lipinski definition) is 2. The Kier molecular flexibility index (Phi) is 6.56. The average Bonchev–Trinajstić information content (AvgIpc) is 2.51. The van der Waals surface area contributed by atoms with Gasteiger partial charge in [-0.1, -0.05) is 51.8 Å². The van der Waals surface area contributed by atoms with Gasteiger partial charge in [-0.25, -0.2) is 0 Å². The van der Waals surface area contributed by atoms with Crippen LogP contribution in [0, 0.1) is 11.8 Å². The molecule has 0 spiro atoms. The molecular formula is C19H32N2. The van der Waals surface area contributed by atoms with E-state index in [2.05, 4.69) is 55.3 Å². The lowest BCUT2D eigenvalue weighted by Crippen LogP contribution is -2.24. The van der Waals surface area contributed by atoms with Crippen molar-refractivity contribution in [1.29, 1.82) is 0 Å². The van der Waals surface area contributed by atoms with E-state index in [1.807, 2.05) is 0 Å². The molecule has 2 heteroatoms. The fourth-order valence-corrected chi connectivity index (χ4v) is 3.52. The zero-order chi connectivity index (χ0) is 15.1. The summed E-state index contributed by atoms with van der Waals surface area (Å²) in [4.78, 5) is 2.48. The van der Waals surface area contributed by atoms with Crippen molar-refractivity contribution in [3.63, 3.8) is 0 Å². The molecule has 118 valence electrons. The topological polar surface area (TPSA) is 15.3 Å². The first kappa shape index (κ1) is 16.4. The maximum atomic E-state index is 3.73. The summed E-state index contributed by atoms with van der Waals surface area (Å²) in [6.07, 6.45) is 5.63. The molecule has 1 aromatic carbocycles. The Morgan fingerprint density at radius 1 is 1.14 bits per heavy atom. The normalized spacial score (nSPS) is 22.5. The Hall–Kier alpha value is -1.02. The molecule has 0 aliphatic heterocycles. The van der Waals surface area contributed by atoms with Gasteiger partial charge < -0.3 is 5.32 Å². The summed E-state index contributed by atoms with van der Waals surface area (Å²) in [6, 6.07) is 8.82. The number of para-hydroxylation sites is 1. The molecule has 2 rings (SSSR count). The van der Waals surface area contributed by atoms with Crippen LogP contribution < -0.4 is 5.32 Å². The molecule has 0 bridgehead atoms. The Bertz CT molecular complexity index is 412. The first-order chi connectivity index (χ1) is 10.2. The summed E-state index contributed by atoms with van der Waals surface area (Å²) < 4.78 is 0. The van der Waals surface area contributed by atoms with E-state index in [0.717, 1.165) is 38.0 Å². The van der Waals surface area contributed by atoms with Crippen LogP contribution in [0.4, 0.5) is 5.69 Å². The smallest absolute Gasteiger partial charge is 0.0385 e. The highest BCUT2D eigenvalue weighted by atomic mass is 15.1. The molecule has 1 aliphatic rings. The van der Waals surface area contributed by atoms with E-state index < -0.39 is 0 Å². The lowest BCUT2D eigenvalue weighted by Gasteiger charge is -2.28. The van der Waals surface area contributed by atoms with Gasteiger partial charge in [-0.15, -0.1) is 0 Å². The molecule has 0 aromatic heterocycles. The number of rotatable bonds is 7. The summed E-state index contributed by atoms with van der Waals surface area (Å²) in [5.74, 6) is 1.77. The van der Waals surface area contributed by atoms with Gasteiger partial charge in [-0.3, -0.25) is 4.90 Å². The molecule has 0 saturated heterocycles. The van der Waals surface area contributed by atoms with E-state index in [1.54, 1.807) is 0 Å². The number of hydrogen-bond donors (Lipinski definition) is 1. The van der Waals surface area contributed by atoms with Gasteiger partial charge in [0.2, 0.25) is 0 Å². The molecule has 1 saturated carbocycles. The molecular weight excluding hydrogens is 256 g/mol. The first-order valence-electron chi connectivity index (χ1n) is 8.77. The van der Waals surface area contributed by atoms with Crippen molar-refractivity contribution in [3.8, 4) is 0 Å². The maximum Gasteiger partial charge on any atom is 0.0385 e. The summed E-state index contributed by atoms with van der Waals surface area (Å²) in [5.41, 5.74) is 2.77. The van der Waals surface area contributed by atoms with Crippen LogP contribution >= 0.6 is 0 Å². The molecule has 2 unspecified atom stereocenters. The van der Waals surface area contributed by atoms with Crippen molar-refractivity contribution in [2.75, 3.05) is 25.0 Å². The zero-order valence-corrected chi connectivity index (χ0v) is 14.1. The summed E-state index contributed by atoms with van der Waals surface area (Å²) in [7, 11) is 0. The van der Waals surface area contributed by atoms with Crippen LogP contribution in [0.5, 0.6) is 0 Å². The minimum Gasteiger partial charge on any atom is -0.385 e. The van der Waals surface area contributed by atoms with Crippen LogP contribution in [0.3, 0.4) is 0 Å². The Balaban J connectivity index is 1.93. The van der Waals surface area contributed by atoms with Gasteiger partial charge in [-0.2, -0.15) is 0 Å². The maximum absolute atomic E-state index is 3.73. The van der Waals surface area contributed by atoms with Gasteiger partial charge in [0.25, 0.3) is 0 Å². The van der Waals surface area contributed by atoms with E-state index in [9.17, 15) is 0 Å². The summed E-state index contributed by atoms with van der Waals surface area (Å²) in [5, 5.41) is 3.73. The molecule has 21 heavy (non-hydrogen) atoms. The predicted octanol–water partition coefficient (Wildman–Crippen LogP) is 4.77. The van der Waals surface area contributed by atoms with Gasteiger partial charge >= 0.3 is 0 Å².